The molecule has 0 spiro atoms. The van der Waals surface area contributed by atoms with Crippen molar-refractivity contribution >= 4 is 33.1 Å². The highest BCUT2D eigenvalue weighted by Crippen LogP contribution is 2.22. The van der Waals surface area contributed by atoms with E-state index in [-0.39, 0.29) is 11.3 Å². The normalized spacial score (nSPS) is 11.8. The van der Waals surface area contributed by atoms with Crippen molar-refractivity contribution in [2.45, 2.75) is 13.3 Å². The zero-order valence-corrected chi connectivity index (χ0v) is 14.0. The molecule has 3 rings (SSSR count). The van der Waals surface area contributed by atoms with Crippen molar-refractivity contribution in [3.63, 3.8) is 0 Å². The van der Waals surface area contributed by atoms with Crippen LogP contribution in [0.5, 0.6) is 0 Å². The summed E-state index contributed by atoms with van der Waals surface area (Å²) in [6.45, 7) is 2.07. The molecule has 0 aliphatic rings. The fourth-order valence-corrected chi connectivity index (χ4v) is 3.70. The fourth-order valence-electron chi connectivity index (χ4n) is 2.64. The maximum absolute atomic E-state index is 12.4. The standard InChI is InChI=1S/C17H15N3O3S/c1-3-11-7-6-10-14-15(11)19(2)17(24-14)18-16(21)12-8-4-5-9-13(12)20(22)23/h4-10H,3H2,1-2H3. The number of nitrogens with zero attached hydrogens (tertiary/aromatic N) is 3. The Hall–Kier alpha value is -2.80. The Bertz CT molecular complexity index is 1020. The van der Waals surface area contributed by atoms with Gasteiger partial charge >= 0.3 is 0 Å². The molecule has 24 heavy (non-hydrogen) atoms. The molecular formula is C17H15N3O3S. The summed E-state index contributed by atoms with van der Waals surface area (Å²) < 4.78 is 2.90. The van der Waals surface area contributed by atoms with Crippen LogP contribution in [0.3, 0.4) is 0 Å². The first kappa shape index (κ1) is 16.1. The number of aromatic nitrogens is 1. The van der Waals surface area contributed by atoms with Crippen LogP contribution in [-0.4, -0.2) is 15.4 Å². The number of para-hydroxylation sites is 2. The Kier molecular flexibility index (Phi) is 4.26. The van der Waals surface area contributed by atoms with Crippen molar-refractivity contribution in [1.82, 2.24) is 4.57 Å². The molecule has 0 bridgehead atoms. The molecule has 0 N–H and O–H groups in total. The van der Waals surface area contributed by atoms with Gasteiger partial charge in [0.1, 0.15) is 5.56 Å². The van der Waals surface area contributed by atoms with Gasteiger partial charge in [-0.1, -0.05) is 42.5 Å². The van der Waals surface area contributed by atoms with E-state index in [0.717, 1.165) is 16.6 Å². The van der Waals surface area contributed by atoms with E-state index in [1.54, 1.807) is 6.07 Å². The average molecular weight is 341 g/mol. The molecule has 2 aromatic carbocycles. The van der Waals surface area contributed by atoms with Gasteiger partial charge in [-0.05, 0) is 24.1 Å². The van der Waals surface area contributed by atoms with E-state index < -0.39 is 10.8 Å². The predicted octanol–water partition coefficient (Wildman–Crippen LogP) is 3.45. The van der Waals surface area contributed by atoms with Crippen molar-refractivity contribution in [3.05, 3.63) is 68.5 Å². The summed E-state index contributed by atoms with van der Waals surface area (Å²) in [5, 5.41) is 11.1. The van der Waals surface area contributed by atoms with E-state index in [4.69, 9.17) is 0 Å². The molecule has 0 aliphatic carbocycles. The highest BCUT2D eigenvalue weighted by molar-refractivity contribution is 7.16. The van der Waals surface area contributed by atoms with Gasteiger partial charge in [-0.3, -0.25) is 14.9 Å². The Morgan fingerprint density at radius 2 is 2.00 bits per heavy atom. The second-order valence-electron chi connectivity index (χ2n) is 5.25. The highest BCUT2D eigenvalue weighted by Gasteiger charge is 2.19. The Morgan fingerprint density at radius 1 is 1.25 bits per heavy atom. The first-order valence-corrected chi connectivity index (χ1v) is 8.24. The van der Waals surface area contributed by atoms with Crippen molar-refractivity contribution in [2.24, 2.45) is 12.0 Å². The number of aryl methyl sites for hydroxylation is 2. The van der Waals surface area contributed by atoms with Crippen molar-refractivity contribution in [2.75, 3.05) is 0 Å². The van der Waals surface area contributed by atoms with Crippen LogP contribution in [0.2, 0.25) is 0 Å². The van der Waals surface area contributed by atoms with Crippen LogP contribution in [0.15, 0.2) is 47.5 Å². The smallest absolute Gasteiger partial charge is 0.286 e. The summed E-state index contributed by atoms with van der Waals surface area (Å²) in [7, 11) is 1.85. The van der Waals surface area contributed by atoms with E-state index in [1.165, 1.54) is 35.1 Å². The molecule has 0 atom stereocenters. The van der Waals surface area contributed by atoms with Gasteiger partial charge in [-0.15, -0.1) is 0 Å². The summed E-state index contributed by atoms with van der Waals surface area (Å²) in [6.07, 6.45) is 0.874. The van der Waals surface area contributed by atoms with Crippen LogP contribution < -0.4 is 4.80 Å². The van der Waals surface area contributed by atoms with Gasteiger partial charge < -0.3 is 4.57 Å². The zero-order valence-electron chi connectivity index (χ0n) is 13.2. The SMILES string of the molecule is CCc1cccc2sc(=NC(=O)c3ccccc3[N+](=O)[O-])n(C)c12. The summed E-state index contributed by atoms with van der Waals surface area (Å²) in [6, 6.07) is 11.9. The minimum absolute atomic E-state index is 0.00401. The minimum Gasteiger partial charge on any atom is -0.319 e. The molecule has 0 saturated heterocycles. The molecule has 1 heterocycles. The first-order valence-electron chi connectivity index (χ1n) is 7.42. The van der Waals surface area contributed by atoms with E-state index in [0.29, 0.717) is 4.80 Å². The lowest BCUT2D eigenvalue weighted by molar-refractivity contribution is -0.385. The molecular weight excluding hydrogens is 326 g/mol. The van der Waals surface area contributed by atoms with Crippen LogP contribution in [0.25, 0.3) is 10.2 Å². The van der Waals surface area contributed by atoms with E-state index >= 15 is 0 Å². The Labute approximate surface area is 141 Å². The molecule has 7 heteroatoms. The van der Waals surface area contributed by atoms with Crippen molar-refractivity contribution < 1.29 is 9.72 Å². The Morgan fingerprint density at radius 3 is 2.71 bits per heavy atom. The third kappa shape index (κ3) is 2.74. The zero-order chi connectivity index (χ0) is 17.3. The molecule has 1 amide bonds. The largest absolute Gasteiger partial charge is 0.319 e. The number of hydrogen-bond acceptors (Lipinski definition) is 4. The summed E-state index contributed by atoms with van der Waals surface area (Å²) in [4.78, 5) is 27.6. The molecule has 122 valence electrons. The van der Waals surface area contributed by atoms with E-state index in [2.05, 4.69) is 11.9 Å². The minimum atomic E-state index is -0.609. The number of carbonyl (C=O) groups excluding carboxylic acids is 1. The summed E-state index contributed by atoms with van der Waals surface area (Å²) in [5.74, 6) is -0.609. The maximum Gasteiger partial charge on any atom is 0.286 e. The Balaban J connectivity index is 2.16. The second-order valence-corrected chi connectivity index (χ2v) is 6.26. The average Bonchev–Trinajstić information content (AvgIpc) is 2.90. The van der Waals surface area contributed by atoms with Gasteiger partial charge in [-0.25, -0.2) is 0 Å². The van der Waals surface area contributed by atoms with Gasteiger partial charge in [0.2, 0.25) is 0 Å². The second kappa shape index (κ2) is 6.37. The molecule has 1 aromatic heterocycles. The van der Waals surface area contributed by atoms with Gasteiger partial charge in [0.15, 0.2) is 4.80 Å². The summed E-state index contributed by atoms with van der Waals surface area (Å²) in [5.41, 5.74) is 1.98. The lowest BCUT2D eigenvalue weighted by Gasteiger charge is -2.02. The number of hydrogen-bond donors (Lipinski definition) is 0. The monoisotopic (exact) mass is 341 g/mol. The molecule has 6 nitrogen and oxygen atoms in total. The molecule has 0 aliphatic heterocycles. The number of thiazole rings is 1. The van der Waals surface area contributed by atoms with Gasteiger partial charge in [0.25, 0.3) is 11.6 Å². The first-order chi connectivity index (χ1) is 11.5. The highest BCUT2D eigenvalue weighted by atomic mass is 32.1. The molecule has 0 saturated carbocycles. The predicted molar refractivity (Wildman–Crippen MR) is 93.2 cm³/mol. The molecule has 0 fully saturated rings. The number of nitro benzene ring substituents is 1. The van der Waals surface area contributed by atoms with Crippen LogP contribution in [0.1, 0.15) is 22.8 Å². The van der Waals surface area contributed by atoms with E-state index in [9.17, 15) is 14.9 Å². The van der Waals surface area contributed by atoms with Gasteiger partial charge in [-0.2, -0.15) is 4.99 Å². The number of nitro groups is 1. The number of fused-ring (bicyclic) bond motifs is 1. The topological polar surface area (TPSA) is 77.5 Å². The third-order valence-electron chi connectivity index (χ3n) is 3.82. The molecule has 0 radical (unpaired) electrons. The number of benzene rings is 2. The third-order valence-corrected chi connectivity index (χ3v) is 4.91. The number of amides is 1. The lowest BCUT2D eigenvalue weighted by Crippen LogP contribution is -2.14. The maximum atomic E-state index is 12.4. The van der Waals surface area contributed by atoms with Gasteiger partial charge in [0, 0.05) is 13.1 Å². The number of carbonyl (C=O) groups is 1. The number of rotatable bonds is 3. The van der Waals surface area contributed by atoms with E-state index in [1.807, 2.05) is 29.8 Å². The van der Waals surface area contributed by atoms with Crippen LogP contribution in [0.4, 0.5) is 5.69 Å². The molecule has 0 unspecified atom stereocenters. The fraction of sp³-hybridized carbons (Fsp3) is 0.176. The lowest BCUT2D eigenvalue weighted by atomic mass is 10.1. The molecule has 3 aromatic rings. The van der Waals surface area contributed by atoms with Crippen molar-refractivity contribution in [3.8, 4) is 0 Å². The van der Waals surface area contributed by atoms with Crippen LogP contribution >= 0.6 is 11.3 Å². The van der Waals surface area contributed by atoms with Gasteiger partial charge in [0.05, 0.1) is 15.1 Å². The van der Waals surface area contributed by atoms with Crippen LogP contribution in [0, 0.1) is 10.1 Å². The quantitative estimate of drug-likeness (QED) is 0.541. The van der Waals surface area contributed by atoms with Crippen molar-refractivity contribution in [1.29, 1.82) is 0 Å². The summed E-state index contributed by atoms with van der Waals surface area (Å²) >= 11 is 1.40. The van der Waals surface area contributed by atoms with Crippen LogP contribution in [-0.2, 0) is 13.5 Å².